The molecule has 18 heavy (non-hydrogen) atoms. The Morgan fingerprint density at radius 1 is 1.39 bits per heavy atom. The smallest absolute Gasteiger partial charge is 0.198 e. The SMILES string of the molecule is Cn1cnnc1Sc1ncc(CNC2CC2)cn1. The molecule has 2 aromatic rings. The van der Waals surface area contributed by atoms with E-state index in [1.54, 1.807) is 6.33 Å². The van der Waals surface area contributed by atoms with Crippen molar-refractivity contribution in [1.82, 2.24) is 30.0 Å². The maximum Gasteiger partial charge on any atom is 0.198 e. The van der Waals surface area contributed by atoms with Gasteiger partial charge in [-0.2, -0.15) is 0 Å². The molecule has 1 fully saturated rings. The zero-order chi connectivity index (χ0) is 12.4. The number of nitrogens with one attached hydrogen (secondary N) is 1. The lowest BCUT2D eigenvalue weighted by Crippen LogP contribution is -2.15. The summed E-state index contributed by atoms with van der Waals surface area (Å²) in [5.74, 6) is 0. The van der Waals surface area contributed by atoms with Crippen LogP contribution in [0.5, 0.6) is 0 Å². The molecular formula is C11H14N6S. The highest BCUT2D eigenvalue weighted by molar-refractivity contribution is 7.99. The molecule has 1 saturated carbocycles. The van der Waals surface area contributed by atoms with E-state index in [9.17, 15) is 0 Å². The first-order valence-electron chi connectivity index (χ1n) is 5.87. The Hall–Kier alpha value is -1.47. The fourth-order valence-electron chi connectivity index (χ4n) is 1.48. The van der Waals surface area contributed by atoms with Gasteiger partial charge in [-0.15, -0.1) is 10.2 Å². The summed E-state index contributed by atoms with van der Waals surface area (Å²) in [4.78, 5) is 8.65. The molecule has 1 aliphatic carbocycles. The third kappa shape index (κ3) is 2.85. The third-order valence-corrected chi connectivity index (χ3v) is 3.65. The molecule has 1 aliphatic rings. The van der Waals surface area contributed by atoms with Gasteiger partial charge in [0.25, 0.3) is 0 Å². The van der Waals surface area contributed by atoms with Crippen LogP contribution in [0.15, 0.2) is 29.0 Å². The molecule has 0 aromatic carbocycles. The number of aryl methyl sites for hydroxylation is 1. The molecule has 0 saturated heterocycles. The van der Waals surface area contributed by atoms with Crippen LogP contribution in [-0.4, -0.2) is 30.8 Å². The van der Waals surface area contributed by atoms with Crippen LogP contribution in [0, 0.1) is 0 Å². The largest absolute Gasteiger partial charge is 0.311 e. The summed E-state index contributed by atoms with van der Waals surface area (Å²) < 4.78 is 1.84. The molecule has 0 unspecified atom stereocenters. The predicted octanol–water partition coefficient (Wildman–Crippen LogP) is 1.01. The van der Waals surface area contributed by atoms with Crippen LogP contribution in [0.1, 0.15) is 18.4 Å². The van der Waals surface area contributed by atoms with E-state index in [2.05, 4.69) is 25.5 Å². The molecule has 0 atom stereocenters. The zero-order valence-corrected chi connectivity index (χ0v) is 10.9. The van der Waals surface area contributed by atoms with Crippen molar-refractivity contribution in [3.63, 3.8) is 0 Å². The third-order valence-electron chi connectivity index (χ3n) is 2.71. The molecule has 7 heteroatoms. The minimum atomic E-state index is 0.696. The van der Waals surface area contributed by atoms with Gasteiger partial charge >= 0.3 is 0 Å². The van der Waals surface area contributed by atoms with E-state index >= 15 is 0 Å². The van der Waals surface area contributed by atoms with Gasteiger partial charge in [0.05, 0.1) is 0 Å². The van der Waals surface area contributed by atoms with Crippen LogP contribution in [0.4, 0.5) is 0 Å². The Balaban J connectivity index is 1.61. The molecule has 2 heterocycles. The molecule has 2 aromatic heterocycles. The van der Waals surface area contributed by atoms with E-state index in [0.717, 1.165) is 17.3 Å². The Morgan fingerprint density at radius 2 is 2.17 bits per heavy atom. The summed E-state index contributed by atoms with van der Waals surface area (Å²) in [7, 11) is 1.90. The van der Waals surface area contributed by atoms with E-state index in [4.69, 9.17) is 0 Å². The minimum Gasteiger partial charge on any atom is -0.311 e. The second kappa shape index (κ2) is 5.03. The zero-order valence-electron chi connectivity index (χ0n) is 10.1. The molecule has 6 nitrogen and oxygen atoms in total. The lowest BCUT2D eigenvalue weighted by atomic mass is 10.3. The number of aromatic nitrogens is 5. The highest BCUT2D eigenvalue weighted by Gasteiger charge is 2.19. The Morgan fingerprint density at radius 3 is 2.78 bits per heavy atom. The summed E-state index contributed by atoms with van der Waals surface area (Å²) in [6, 6.07) is 0.706. The Labute approximate surface area is 109 Å². The molecular weight excluding hydrogens is 248 g/mol. The maximum absolute atomic E-state index is 4.32. The van der Waals surface area contributed by atoms with Gasteiger partial charge in [0.15, 0.2) is 10.3 Å². The van der Waals surface area contributed by atoms with Crippen molar-refractivity contribution in [3.8, 4) is 0 Å². The topological polar surface area (TPSA) is 68.5 Å². The normalized spacial score (nSPS) is 14.9. The lowest BCUT2D eigenvalue weighted by Gasteiger charge is -2.03. The van der Waals surface area contributed by atoms with Crippen LogP contribution in [0.2, 0.25) is 0 Å². The van der Waals surface area contributed by atoms with Crippen molar-refractivity contribution >= 4 is 11.8 Å². The molecule has 0 amide bonds. The number of rotatable bonds is 5. The molecule has 0 spiro atoms. The molecule has 94 valence electrons. The fraction of sp³-hybridized carbons (Fsp3) is 0.455. The van der Waals surface area contributed by atoms with Gasteiger partial charge in [-0.05, 0) is 24.6 Å². The summed E-state index contributed by atoms with van der Waals surface area (Å²) in [5, 5.41) is 12.7. The summed E-state index contributed by atoms with van der Waals surface area (Å²) in [6.45, 7) is 0.847. The minimum absolute atomic E-state index is 0.696. The van der Waals surface area contributed by atoms with Gasteiger partial charge in [0, 0.05) is 37.6 Å². The highest BCUT2D eigenvalue weighted by atomic mass is 32.2. The van der Waals surface area contributed by atoms with Gasteiger partial charge in [-0.1, -0.05) is 0 Å². The number of hydrogen-bond donors (Lipinski definition) is 1. The quantitative estimate of drug-likeness (QED) is 0.811. The first-order valence-corrected chi connectivity index (χ1v) is 6.69. The average Bonchev–Trinajstić information content (AvgIpc) is 3.13. The van der Waals surface area contributed by atoms with Crippen molar-refractivity contribution in [3.05, 3.63) is 24.3 Å². The van der Waals surface area contributed by atoms with Crippen LogP contribution in [-0.2, 0) is 13.6 Å². The summed E-state index contributed by atoms with van der Waals surface area (Å²) >= 11 is 1.41. The number of nitrogens with zero attached hydrogens (tertiary/aromatic N) is 5. The lowest BCUT2D eigenvalue weighted by molar-refractivity contribution is 0.680. The van der Waals surface area contributed by atoms with Gasteiger partial charge in [-0.3, -0.25) is 0 Å². The summed E-state index contributed by atoms with van der Waals surface area (Å²) in [6.07, 6.45) is 7.97. The van der Waals surface area contributed by atoms with Crippen LogP contribution < -0.4 is 5.32 Å². The van der Waals surface area contributed by atoms with Crippen molar-refractivity contribution in [2.45, 2.75) is 35.7 Å². The van der Waals surface area contributed by atoms with Crippen molar-refractivity contribution in [1.29, 1.82) is 0 Å². The standard InChI is InChI=1S/C11H14N6S/c1-17-7-15-16-11(17)18-10-13-5-8(6-14-10)4-12-9-2-3-9/h5-7,9,12H,2-4H2,1H3. The Kier molecular flexibility index (Phi) is 3.24. The van der Waals surface area contributed by atoms with E-state index < -0.39 is 0 Å². The molecule has 1 N–H and O–H groups in total. The first-order chi connectivity index (χ1) is 8.81. The molecule has 3 rings (SSSR count). The van der Waals surface area contributed by atoms with Gasteiger partial charge in [-0.25, -0.2) is 9.97 Å². The summed E-state index contributed by atoms with van der Waals surface area (Å²) in [5.41, 5.74) is 1.12. The van der Waals surface area contributed by atoms with Crippen LogP contribution in [0.25, 0.3) is 0 Å². The monoisotopic (exact) mass is 262 g/mol. The second-order valence-corrected chi connectivity index (χ2v) is 5.29. The van der Waals surface area contributed by atoms with Gasteiger partial charge in [0.2, 0.25) is 0 Å². The Bertz CT molecular complexity index is 519. The van der Waals surface area contributed by atoms with Gasteiger partial charge < -0.3 is 9.88 Å². The fourth-order valence-corrected chi connectivity index (χ4v) is 2.14. The van der Waals surface area contributed by atoms with Crippen LogP contribution >= 0.6 is 11.8 Å². The van der Waals surface area contributed by atoms with E-state index in [-0.39, 0.29) is 0 Å². The maximum atomic E-state index is 4.32. The van der Waals surface area contributed by atoms with E-state index in [1.165, 1.54) is 24.6 Å². The van der Waals surface area contributed by atoms with Crippen molar-refractivity contribution in [2.24, 2.45) is 7.05 Å². The van der Waals surface area contributed by atoms with Crippen molar-refractivity contribution in [2.75, 3.05) is 0 Å². The molecule has 0 aliphatic heterocycles. The second-order valence-electron chi connectivity index (χ2n) is 4.36. The first kappa shape index (κ1) is 11.6. The molecule has 0 radical (unpaired) electrons. The predicted molar refractivity (Wildman–Crippen MR) is 67.0 cm³/mol. The molecule has 0 bridgehead atoms. The van der Waals surface area contributed by atoms with Gasteiger partial charge in [0.1, 0.15) is 6.33 Å². The average molecular weight is 262 g/mol. The van der Waals surface area contributed by atoms with Crippen LogP contribution in [0.3, 0.4) is 0 Å². The van der Waals surface area contributed by atoms with E-state index in [1.807, 2.05) is 24.0 Å². The van der Waals surface area contributed by atoms with Crippen molar-refractivity contribution < 1.29 is 0 Å². The highest BCUT2D eigenvalue weighted by Crippen LogP contribution is 2.21. The van der Waals surface area contributed by atoms with E-state index in [0.29, 0.717) is 11.2 Å². The number of hydrogen-bond acceptors (Lipinski definition) is 6.